The lowest BCUT2D eigenvalue weighted by atomic mass is 10.7. The summed E-state index contributed by atoms with van der Waals surface area (Å²) in [6, 6.07) is 0. The average Bonchev–Trinajstić information content (AvgIpc) is 1.67. The maximum atomic E-state index is 9.89. The molecule has 0 saturated heterocycles. The molecule has 0 spiro atoms. The van der Waals surface area contributed by atoms with E-state index >= 15 is 0 Å². The predicted molar refractivity (Wildman–Crippen MR) is 32.0 cm³/mol. The Balaban J connectivity index is 3.32. The minimum Gasteiger partial charge on any atom is -0.479 e. The van der Waals surface area contributed by atoms with Gasteiger partial charge < -0.3 is 9.84 Å². The van der Waals surface area contributed by atoms with Crippen molar-refractivity contribution in [1.29, 1.82) is 0 Å². The van der Waals surface area contributed by atoms with E-state index in [1.54, 1.807) is 6.92 Å². The van der Waals surface area contributed by atoms with Gasteiger partial charge in [0.1, 0.15) is 0 Å². The van der Waals surface area contributed by atoms with E-state index in [9.17, 15) is 4.79 Å². The molecule has 0 heterocycles. The first-order valence-corrected chi connectivity index (χ1v) is 2.72. The van der Waals surface area contributed by atoms with Crippen LogP contribution in [0.3, 0.4) is 0 Å². The van der Waals surface area contributed by atoms with Gasteiger partial charge in [0, 0.05) is 6.61 Å². The van der Waals surface area contributed by atoms with Crippen LogP contribution in [-0.2, 0) is 9.53 Å². The van der Waals surface area contributed by atoms with Crippen molar-refractivity contribution in [2.45, 2.75) is 12.4 Å². The van der Waals surface area contributed by atoms with Gasteiger partial charge in [0.2, 0.25) is 0 Å². The van der Waals surface area contributed by atoms with Crippen LogP contribution in [0, 0.1) is 0 Å². The van der Waals surface area contributed by atoms with Crippen molar-refractivity contribution in [1.82, 2.24) is 0 Å². The Morgan fingerprint density at radius 1 is 2.00 bits per heavy atom. The molecule has 0 fully saturated rings. The fourth-order valence-electron chi connectivity index (χ4n) is 0.229. The first-order chi connectivity index (χ1) is 3.68. The zero-order chi connectivity index (χ0) is 6.57. The fourth-order valence-corrected chi connectivity index (χ4v) is 0.378. The first-order valence-electron chi connectivity index (χ1n) is 2.21. The Labute approximate surface area is 53.1 Å². The van der Waals surface area contributed by atoms with E-state index in [0.29, 0.717) is 6.61 Å². The Bertz CT molecular complexity index is 83.4. The third-order valence-corrected chi connectivity index (χ3v) is 0.906. The van der Waals surface area contributed by atoms with E-state index in [0.717, 1.165) is 0 Å². The first kappa shape index (κ1) is 7.78. The molecule has 3 nitrogen and oxygen atoms in total. The summed E-state index contributed by atoms with van der Waals surface area (Å²) in [5.74, 6) is -1.05. The van der Waals surface area contributed by atoms with Gasteiger partial charge in [0.05, 0.1) is 0 Å². The van der Waals surface area contributed by atoms with Crippen molar-refractivity contribution in [3.63, 3.8) is 0 Å². The van der Waals surface area contributed by atoms with E-state index in [1.807, 2.05) is 0 Å². The molecule has 4 heteroatoms. The molecule has 0 aliphatic heterocycles. The van der Waals surface area contributed by atoms with Crippen LogP contribution in [0.5, 0.6) is 0 Å². The Kier molecular flexibility index (Phi) is 3.64. The number of carboxylic acids is 1. The molecule has 0 saturated carbocycles. The number of aliphatic carboxylic acids is 1. The number of ether oxygens (including phenoxy) is 1. The third kappa shape index (κ3) is 2.87. The monoisotopic (exact) mass is 136 g/mol. The summed E-state index contributed by atoms with van der Waals surface area (Å²) in [6.07, 6.45) is 0. The van der Waals surface area contributed by atoms with Crippen LogP contribution in [-0.4, -0.2) is 23.1 Å². The van der Waals surface area contributed by atoms with Gasteiger partial charge in [0.25, 0.3) is 0 Å². The largest absolute Gasteiger partial charge is 0.479 e. The Hall–Kier alpha value is -0.220. The van der Waals surface area contributed by atoms with Crippen LogP contribution in [0.25, 0.3) is 0 Å². The van der Waals surface area contributed by atoms with Crippen molar-refractivity contribution in [2.24, 2.45) is 0 Å². The second-order valence-electron chi connectivity index (χ2n) is 1.15. The molecular formula is C4H8O3S. The Morgan fingerprint density at radius 2 is 2.50 bits per heavy atom. The molecule has 0 aromatic heterocycles. The highest BCUT2D eigenvalue weighted by molar-refractivity contribution is 7.81. The van der Waals surface area contributed by atoms with Gasteiger partial charge in [-0.3, -0.25) is 0 Å². The molecule has 1 unspecified atom stereocenters. The van der Waals surface area contributed by atoms with Crippen molar-refractivity contribution >= 4 is 18.6 Å². The summed E-state index contributed by atoms with van der Waals surface area (Å²) < 4.78 is 4.57. The number of carbonyl (C=O) groups is 1. The van der Waals surface area contributed by atoms with Crippen LogP contribution in [0.2, 0.25) is 0 Å². The highest BCUT2D eigenvalue weighted by Gasteiger charge is 2.09. The maximum Gasteiger partial charge on any atom is 0.343 e. The normalized spacial score (nSPS) is 13.2. The van der Waals surface area contributed by atoms with E-state index in [2.05, 4.69) is 17.4 Å². The van der Waals surface area contributed by atoms with Gasteiger partial charge >= 0.3 is 5.97 Å². The number of hydrogen-bond acceptors (Lipinski definition) is 3. The van der Waals surface area contributed by atoms with E-state index in [4.69, 9.17) is 5.11 Å². The van der Waals surface area contributed by atoms with Crippen molar-refractivity contribution < 1.29 is 14.6 Å². The van der Waals surface area contributed by atoms with Gasteiger partial charge in [-0.25, -0.2) is 4.79 Å². The molecule has 0 aromatic carbocycles. The summed E-state index contributed by atoms with van der Waals surface area (Å²) in [6.45, 7) is 2.09. The lowest BCUT2D eigenvalue weighted by Gasteiger charge is -2.02. The lowest BCUT2D eigenvalue weighted by molar-refractivity contribution is -0.144. The highest BCUT2D eigenvalue weighted by atomic mass is 32.1. The Morgan fingerprint density at radius 3 is 2.62 bits per heavy atom. The topological polar surface area (TPSA) is 46.5 Å². The van der Waals surface area contributed by atoms with Gasteiger partial charge in [-0.15, -0.1) is 12.6 Å². The number of carboxylic acid groups (broad SMARTS) is 1. The number of thiol groups is 1. The van der Waals surface area contributed by atoms with Crippen LogP contribution in [0.1, 0.15) is 6.92 Å². The van der Waals surface area contributed by atoms with Crippen LogP contribution in [0.4, 0.5) is 0 Å². The average molecular weight is 136 g/mol. The SMILES string of the molecule is CCOC(S)C(=O)O. The standard InChI is InChI=1S/C4H8O3S/c1-2-7-4(8)3(5)6/h4,8H,2H2,1H3,(H,5,6). The molecule has 8 heavy (non-hydrogen) atoms. The highest BCUT2D eigenvalue weighted by Crippen LogP contribution is 1.95. The van der Waals surface area contributed by atoms with Crippen LogP contribution in [0.15, 0.2) is 0 Å². The second kappa shape index (κ2) is 3.74. The van der Waals surface area contributed by atoms with Gasteiger partial charge in [-0.2, -0.15) is 0 Å². The van der Waals surface area contributed by atoms with Crippen molar-refractivity contribution in [3.8, 4) is 0 Å². The molecule has 0 amide bonds. The molecule has 0 aliphatic rings. The minimum absolute atomic E-state index is 0.375. The zero-order valence-electron chi connectivity index (χ0n) is 4.50. The molecular weight excluding hydrogens is 128 g/mol. The van der Waals surface area contributed by atoms with Gasteiger partial charge in [-0.1, -0.05) is 0 Å². The van der Waals surface area contributed by atoms with Gasteiger partial charge in [0.15, 0.2) is 5.44 Å². The quantitative estimate of drug-likeness (QED) is 0.435. The van der Waals surface area contributed by atoms with E-state index in [-0.39, 0.29) is 0 Å². The molecule has 0 aromatic rings. The van der Waals surface area contributed by atoms with Gasteiger partial charge in [-0.05, 0) is 6.92 Å². The van der Waals surface area contributed by atoms with Crippen LogP contribution >= 0.6 is 12.6 Å². The lowest BCUT2D eigenvalue weighted by Crippen LogP contribution is -2.16. The summed E-state index contributed by atoms with van der Waals surface area (Å²) in [4.78, 5) is 9.89. The molecule has 1 N–H and O–H groups in total. The summed E-state index contributed by atoms with van der Waals surface area (Å²) in [7, 11) is 0. The van der Waals surface area contributed by atoms with Crippen molar-refractivity contribution in [3.05, 3.63) is 0 Å². The van der Waals surface area contributed by atoms with Crippen LogP contribution < -0.4 is 0 Å². The third-order valence-electron chi connectivity index (χ3n) is 0.536. The molecule has 0 radical (unpaired) electrons. The zero-order valence-corrected chi connectivity index (χ0v) is 5.39. The summed E-state index contributed by atoms with van der Waals surface area (Å²) >= 11 is 3.58. The summed E-state index contributed by atoms with van der Waals surface area (Å²) in [5, 5.41) is 8.11. The molecule has 0 aliphatic carbocycles. The second-order valence-corrected chi connectivity index (χ2v) is 1.61. The van der Waals surface area contributed by atoms with E-state index < -0.39 is 11.4 Å². The smallest absolute Gasteiger partial charge is 0.343 e. The predicted octanol–water partition coefficient (Wildman–Crippen LogP) is 0.363. The summed E-state index contributed by atoms with van der Waals surface area (Å²) in [5.41, 5.74) is -0.972. The maximum absolute atomic E-state index is 9.89. The van der Waals surface area contributed by atoms with E-state index in [1.165, 1.54) is 0 Å². The molecule has 48 valence electrons. The fraction of sp³-hybridized carbons (Fsp3) is 0.750. The number of rotatable bonds is 3. The molecule has 0 bridgehead atoms. The molecule has 0 rings (SSSR count). The molecule has 1 atom stereocenters. The number of hydrogen-bond donors (Lipinski definition) is 2. The van der Waals surface area contributed by atoms with Crippen molar-refractivity contribution in [2.75, 3.05) is 6.61 Å². The minimum atomic E-state index is -1.05.